The average Bonchev–Trinajstić information content (AvgIpc) is 2.02. The SMILES string of the molecule is CS(=O)(=O)NC[C@H]1CNCCO1. The predicted octanol–water partition coefficient (Wildman–Crippen LogP) is -1.48. The van der Waals surface area contributed by atoms with Gasteiger partial charge in [0.1, 0.15) is 0 Å². The van der Waals surface area contributed by atoms with Gasteiger partial charge in [0.05, 0.1) is 19.0 Å². The number of hydrogen-bond donors (Lipinski definition) is 2. The van der Waals surface area contributed by atoms with Gasteiger partial charge in [-0.2, -0.15) is 0 Å². The number of nitrogens with one attached hydrogen (secondary N) is 2. The lowest BCUT2D eigenvalue weighted by Gasteiger charge is -2.23. The van der Waals surface area contributed by atoms with Crippen molar-refractivity contribution < 1.29 is 13.2 Å². The molecule has 1 heterocycles. The number of rotatable bonds is 3. The minimum absolute atomic E-state index is 0.0338. The summed E-state index contributed by atoms with van der Waals surface area (Å²) in [6.07, 6.45) is 1.11. The van der Waals surface area contributed by atoms with Gasteiger partial charge < -0.3 is 10.1 Å². The molecule has 1 saturated heterocycles. The highest BCUT2D eigenvalue weighted by atomic mass is 32.2. The van der Waals surface area contributed by atoms with Crippen LogP contribution in [-0.2, 0) is 14.8 Å². The smallest absolute Gasteiger partial charge is 0.208 e. The molecular formula is C6H14N2O3S. The molecule has 0 aromatic rings. The Morgan fingerprint density at radius 3 is 2.92 bits per heavy atom. The Kier molecular flexibility index (Phi) is 3.45. The van der Waals surface area contributed by atoms with Gasteiger partial charge in [-0.05, 0) is 0 Å². The molecule has 1 aliphatic heterocycles. The Morgan fingerprint density at radius 1 is 1.67 bits per heavy atom. The second kappa shape index (κ2) is 4.18. The van der Waals surface area contributed by atoms with Gasteiger partial charge in [-0.15, -0.1) is 0 Å². The Labute approximate surface area is 72.5 Å². The van der Waals surface area contributed by atoms with Gasteiger partial charge in [0, 0.05) is 19.6 Å². The molecule has 0 aliphatic carbocycles. The monoisotopic (exact) mass is 194 g/mol. The molecular weight excluding hydrogens is 180 g/mol. The summed E-state index contributed by atoms with van der Waals surface area (Å²) in [6, 6.07) is 0. The van der Waals surface area contributed by atoms with Gasteiger partial charge in [0.15, 0.2) is 0 Å². The maximum Gasteiger partial charge on any atom is 0.208 e. The van der Waals surface area contributed by atoms with Gasteiger partial charge in [0.2, 0.25) is 10.0 Å². The molecule has 72 valence electrons. The Balaban J connectivity index is 2.22. The molecule has 2 N–H and O–H groups in total. The van der Waals surface area contributed by atoms with Crippen LogP contribution < -0.4 is 10.0 Å². The van der Waals surface area contributed by atoms with Crippen molar-refractivity contribution in [3.05, 3.63) is 0 Å². The topological polar surface area (TPSA) is 67.4 Å². The quantitative estimate of drug-likeness (QED) is 0.575. The number of morpholine rings is 1. The molecule has 0 aromatic carbocycles. The molecule has 1 atom stereocenters. The van der Waals surface area contributed by atoms with Crippen LogP contribution in [-0.4, -0.2) is 47.0 Å². The lowest BCUT2D eigenvalue weighted by atomic mass is 10.3. The molecule has 1 rings (SSSR count). The van der Waals surface area contributed by atoms with E-state index in [-0.39, 0.29) is 6.10 Å². The van der Waals surface area contributed by atoms with Gasteiger partial charge in [-0.25, -0.2) is 13.1 Å². The maximum atomic E-state index is 10.7. The van der Waals surface area contributed by atoms with Crippen molar-refractivity contribution in [2.75, 3.05) is 32.5 Å². The third kappa shape index (κ3) is 4.01. The summed E-state index contributed by atoms with van der Waals surface area (Å²) in [5.41, 5.74) is 0. The average molecular weight is 194 g/mol. The highest BCUT2D eigenvalue weighted by Gasteiger charge is 2.14. The number of ether oxygens (including phenoxy) is 1. The summed E-state index contributed by atoms with van der Waals surface area (Å²) in [4.78, 5) is 0. The molecule has 6 heteroatoms. The molecule has 0 bridgehead atoms. The Bertz CT molecular complexity index is 221. The highest BCUT2D eigenvalue weighted by Crippen LogP contribution is 1.94. The molecule has 0 spiro atoms. The third-order valence-electron chi connectivity index (χ3n) is 1.58. The lowest BCUT2D eigenvalue weighted by molar-refractivity contribution is 0.0324. The zero-order chi connectivity index (χ0) is 9.03. The first-order valence-electron chi connectivity index (χ1n) is 3.85. The van der Waals surface area contributed by atoms with E-state index in [4.69, 9.17) is 4.74 Å². The van der Waals surface area contributed by atoms with E-state index in [1.807, 2.05) is 0 Å². The van der Waals surface area contributed by atoms with Gasteiger partial charge in [0.25, 0.3) is 0 Å². The van der Waals surface area contributed by atoms with Crippen molar-refractivity contribution in [1.82, 2.24) is 10.0 Å². The van der Waals surface area contributed by atoms with Crippen molar-refractivity contribution in [3.63, 3.8) is 0 Å². The Hall–Kier alpha value is -0.170. The molecule has 1 fully saturated rings. The fourth-order valence-corrected chi connectivity index (χ4v) is 1.48. The molecule has 1 aliphatic rings. The second-order valence-corrected chi connectivity index (χ2v) is 4.65. The van der Waals surface area contributed by atoms with E-state index in [0.29, 0.717) is 19.7 Å². The minimum atomic E-state index is -3.08. The summed E-state index contributed by atoms with van der Waals surface area (Å²) in [6.45, 7) is 2.56. The number of sulfonamides is 1. The summed E-state index contributed by atoms with van der Waals surface area (Å²) >= 11 is 0. The molecule has 0 amide bonds. The van der Waals surface area contributed by atoms with Crippen molar-refractivity contribution >= 4 is 10.0 Å². The van der Waals surface area contributed by atoms with Crippen LogP contribution in [0.3, 0.4) is 0 Å². The number of hydrogen-bond acceptors (Lipinski definition) is 4. The molecule has 0 saturated carbocycles. The van der Waals surface area contributed by atoms with Crippen molar-refractivity contribution in [2.45, 2.75) is 6.10 Å². The van der Waals surface area contributed by atoms with E-state index >= 15 is 0 Å². The van der Waals surface area contributed by atoms with Crippen LogP contribution >= 0.6 is 0 Å². The fraction of sp³-hybridized carbons (Fsp3) is 1.00. The van der Waals surface area contributed by atoms with Crippen LogP contribution in [0.2, 0.25) is 0 Å². The van der Waals surface area contributed by atoms with Crippen LogP contribution in [0.15, 0.2) is 0 Å². The largest absolute Gasteiger partial charge is 0.374 e. The molecule has 0 aromatic heterocycles. The third-order valence-corrected chi connectivity index (χ3v) is 2.27. The standard InChI is InChI=1S/C6H14N2O3S/c1-12(9,10)8-5-6-4-7-2-3-11-6/h6-8H,2-5H2,1H3/t6-/m1/s1. The summed E-state index contributed by atoms with van der Waals surface area (Å²) in [5, 5.41) is 3.11. The van der Waals surface area contributed by atoms with Crippen molar-refractivity contribution in [3.8, 4) is 0 Å². The lowest BCUT2D eigenvalue weighted by Crippen LogP contribution is -2.44. The van der Waals surface area contributed by atoms with Crippen LogP contribution in [0.4, 0.5) is 0 Å². The van der Waals surface area contributed by atoms with E-state index < -0.39 is 10.0 Å². The Morgan fingerprint density at radius 2 is 2.42 bits per heavy atom. The first-order valence-corrected chi connectivity index (χ1v) is 5.74. The summed E-state index contributed by atoms with van der Waals surface area (Å²) in [5.74, 6) is 0. The van der Waals surface area contributed by atoms with Crippen molar-refractivity contribution in [1.29, 1.82) is 0 Å². The van der Waals surface area contributed by atoms with E-state index in [1.165, 1.54) is 0 Å². The van der Waals surface area contributed by atoms with Crippen LogP contribution in [0.25, 0.3) is 0 Å². The summed E-state index contributed by atoms with van der Waals surface area (Å²) in [7, 11) is -3.08. The van der Waals surface area contributed by atoms with Crippen LogP contribution in [0, 0.1) is 0 Å². The van der Waals surface area contributed by atoms with E-state index in [2.05, 4.69) is 10.0 Å². The zero-order valence-electron chi connectivity index (χ0n) is 7.04. The first kappa shape index (κ1) is 9.91. The maximum absolute atomic E-state index is 10.7. The van der Waals surface area contributed by atoms with Crippen LogP contribution in [0.1, 0.15) is 0 Å². The van der Waals surface area contributed by atoms with Crippen LogP contribution in [0.5, 0.6) is 0 Å². The van der Waals surface area contributed by atoms with Gasteiger partial charge >= 0.3 is 0 Å². The first-order chi connectivity index (χ1) is 5.58. The second-order valence-electron chi connectivity index (χ2n) is 2.82. The molecule has 12 heavy (non-hydrogen) atoms. The van der Waals surface area contributed by atoms with E-state index in [9.17, 15) is 8.42 Å². The molecule has 0 radical (unpaired) electrons. The summed E-state index contributed by atoms with van der Waals surface area (Å²) < 4.78 is 29.1. The van der Waals surface area contributed by atoms with E-state index in [1.54, 1.807) is 0 Å². The minimum Gasteiger partial charge on any atom is -0.374 e. The van der Waals surface area contributed by atoms with E-state index in [0.717, 1.165) is 12.8 Å². The normalized spacial score (nSPS) is 25.6. The zero-order valence-corrected chi connectivity index (χ0v) is 7.86. The predicted molar refractivity (Wildman–Crippen MR) is 45.5 cm³/mol. The van der Waals surface area contributed by atoms with Gasteiger partial charge in [-0.3, -0.25) is 0 Å². The van der Waals surface area contributed by atoms with Gasteiger partial charge in [-0.1, -0.05) is 0 Å². The fourth-order valence-electron chi connectivity index (χ4n) is 0.995. The van der Waals surface area contributed by atoms with Crippen molar-refractivity contribution in [2.24, 2.45) is 0 Å². The molecule has 0 unspecified atom stereocenters. The molecule has 5 nitrogen and oxygen atoms in total. The highest BCUT2D eigenvalue weighted by molar-refractivity contribution is 7.88.